The van der Waals surface area contributed by atoms with Crippen LogP contribution in [0.2, 0.25) is 0 Å². The summed E-state index contributed by atoms with van der Waals surface area (Å²) in [5.74, 6) is -1.60. The number of aliphatic carboxylic acids is 1. The average molecular weight is 327 g/mol. The van der Waals surface area contributed by atoms with Crippen LogP contribution in [0.25, 0.3) is 5.69 Å². The van der Waals surface area contributed by atoms with Gasteiger partial charge in [0, 0.05) is 6.04 Å². The van der Waals surface area contributed by atoms with Gasteiger partial charge in [-0.05, 0) is 31.9 Å². The van der Waals surface area contributed by atoms with Gasteiger partial charge in [-0.1, -0.05) is 31.0 Å². The number of benzene rings is 1. The highest BCUT2D eigenvalue weighted by Gasteiger charge is 2.32. The monoisotopic (exact) mass is 327 g/mol. The summed E-state index contributed by atoms with van der Waals surface area (Å²) in [7, 11) is 0. The molecular weight excluding hydrogens is 306 g/mol. The molecule has 0 saturated heterocycles. The normalized spacial score (nSPS) is 20.5. The third-order valence-corrected chi connectivity index (χ3v) is 4.65. The van der Waals surface area contributed by atoms with E-state index in [0.29, 0.717) is 18.4 Å². The first-order chi connectivity index (χ1) is 11.6. The van der Waals surface area contributed by atoms with Crippen LogP contribution in [0.15, 0.2) is 36.5 Å². The summed E-state index contributed by atoms with van der Waals surface area (Å²) in [5.41, 5.74) is 2.10. The molecule has 0 spiro atoms. The van der Waals surface area contributed by atoms with E-state index < -0.39 is 11.9 Å². The lowest BCUT2D eigenvalue weighted by Gasteiger charge is -2.29. The number of carbonyl (C=O) groups excluding carboxylic acids is 1. The van der Waals surface area contributed by atoms with Gasteiger partial charge >= 0.3 is 5.97 Å². The maximum Gasteiger partial charge on any atom is 0.308 e. The third-order valence-electron chi connectivity index (χ3n) is 4.65. The van der Waals surface area contributed by atoms with E-state index in [-0.39, 0.29) is 11.9 Å². The molecule has 1 amide bonds. The highest BCUT2D eigenvalue weighted by molar-refractivity contribution is 5.95. The van der Waals surface area contributed by atoms with Gasteiger partial charge in [-0.15, -0.1) is 0 Å². The van der Waals surface area contributed by atoms with E-state index in [4.69, 9.17) is 0 Å². The van der Waals surface area contributed by atoms with Crippen LogP contribution in [-0.4, -0.2) is 32.8 Å². The quantitative estimate of drug-likeness (QED) is 0.904. The number of nitrogens with zero attached hydrogens (tertiary/aromatic N) is 2. The second kappa shape index (κ2) is 6.86. The minimum Gasteiger partial charge on any atom is -0.481 e. The Bertz CT molecular complexity index is 739. The van der Waals surface area contributed by atoms with Crippen molar-refractivity contribution >= 4 is 11.9 Å². The molecule has 3 rings (SSSR count). The Balaban J connectivity index is 1.78. The molecule has 126 valence electrons. The molecule has 0 unspecified atom stereocenters. The van der Waals surface area contributed by atoms with Crippen LogP contribution >= 0.6 is 0 Å². The van der Waals surface area contributed by atoms with Crippen LogP contribution in [0, 0.1) is 12.8 Å². The largest absolute Gasteiger partial charge is 0.481 e. The van der Waals surface area contributed by atoms with E-state index in [0.717, 1.165) is 24.2 Å². The first-order valence-corrected chi connectivity index (χ1v) is 8.21. The Hall–Kier alpha value is -2.63. The van der Waals surface area contributed by atoms with Crippen molar-refractivity contribution in [2.75, 3.05) is 0 Å². The minimum absolute atomic E-state index is 0.257. The number of carboxylic acid groups (broad SMARTS) is 1. The standard InChI is InChI=1S/C18H21N3O3/c1-12-15(11-19-21(12)13-7-3-2-4-8-13)17(22)20-16-10-6-5-9-14(16)18(23)24/h2-4,7-8,11,14,16H,5-6,9-10H2,1H3,(H,20,22)(H,23,24)/t14-,16+/m0/s1. The predicted octanol–water partition coefficient (Wildman–Crippen LogP) is 2.55. The summed E-state index contributed by atoms with van der Waals surface area (Å²) in [6.45, 7) is 1.84. The second-order valence-corrected chi connectivity index (χ2v) is 6.20. The molecule has 2 N–H and O–H groups in total. The minimum atomic E-state index is -0.836. The molecule has 6 heteroatoms. The van der Waals surface area contributed by atoms with Crippen molar-refractivity contribution < 1.29 is 14.7 Å². The average Bonchev–Trinajstić information content (AvgIpc) is 2.97. The molecule has 1 heterocycles. The van der Waals surface area contributed by atoms with Gasteiger partial charge in [0.1, 0.15) is 0 Å². The van der Waals surface area contributed by atoms with E-state index in [9.17, 15) is 14.7 Å². The number of para-hydroxylation sites is 1. The fourth-order valence-electron chi connectivity index (χ4n) is 3.31. The van der Waals surface area contributed by atoms with Crippen LogP contribution in [-0.2, 0) is 4.79 Å². The van der Waals surface area contributed by atoms with Gasteiger partial charge in [0.2, 0.25) is 0 Å². The maximum absolute atomic E-state index is 12.6. The number of hydrogen-bond acceptors (Lipinski definition) is 3. The van der Waals surface area contributed by atoms with Gasteiger partial charge in [0.05, 0.1) is 29.1 Å². The number of hydrogen-bond donors (Lipinski definition) is 2. The van der Waals surface area contributed by atoms with Crippen LogP contribution in [0.3, 0.4) is 0 Å². The molecule has 0 radical (unpaired) electrons. The molecule has 1 aromatic carbocycles. The van der Waals surface area contributed by atoms with Gasteiger partial charge in [-0.2, -0.15) is 5.10 Å². The van der Waals surface area contributed by atoms with E-state index >= 15 is 0 Å². The summed E-state index contributed by atoms with van der Waals surface area (Å²) in [6.07, 6.45) is 4.69. The number of amides is 1. The van der Waals surface area contributed by atoms with Crippen molar-refractivity contribution in [2.45, 2.75) is 38.6 Å². The van der Waals surface area contributed by atoms with Crippen molar-refractivity contribution in [1.82, 2.24) is 15.1 Å². The molecular formula is C18H21N3O3. The van der Waals surface area contributed by atoms with E-state index in [1.807, 2.05) is 37.3 Å². The number of carbonyl (C=O) groups is 2. The lowest BCUT2D eigenvalue weighted by atomic mass is 9.84. The van der Waals surface area contributed by atoms with Gasteiger partial charge in [-0.25, -0.2) is 4.68 Å². The summed E-state index contributed by atoms with van der Waals surface area (Å²) < 4.78 is 1.71. The molecule has 1 saturated carbocycles. The number of nitrogens with one attached hydrogen (secondary N) is 1. The Morgan fingerprint density at radius 1 is 1.21 bits per heavy atom. The van der Waals surface area contributed by atoms with Gasteiger partial charge in [0.15, 0.2) is 0 Å². The summed E-state index contributed by atoms with van der Waals surface area (Å²) in [5, 5.41) is 16.5. The Morgan fingerprint density at radius 3 is 2.62 bits per heavy atom. The summed E-state index contributed by atoms with van der Waals surface area (Å²) >= 11 is 0. The van der Waals surface area contributed by atoms with Crippen molar-refractivity contribution in [3.05, 3.63) is 47.8 Å². The maximum atomic E-state index is 12.6. The predicted molar refractivity (Wildman–Crippen MR) is 89.1 cm³/mol. The number of rotatable bonds is 4. The first-order valence-electron chi connectivity index (χ1n) is 8.21. The van der Waals surface area contributed by atoms with Crippen LogP contribution in [0.4, 0.5) is 0 Å². The zero-order valence-electron chi connectivity index (χ0n) is 13.6. The van der Waals surface area contributed by atoms with Crippen LogP contribution in [0.5, 0.6) is 0 Å². The molecule has 1 aromatic heterocycles. The molecule has 2 atom stereocenters. The molecule has 6 nitrogen and oxygen atoms in total. The van der Waals surface area contributed by atoms with Crippen molar-refractivity contribution in [3.63, 3.8) is 0 Å². The molecule has 24 heavy (non-hydrogen) atoms. The van der Waals surface area contributed by atoms with Crippen molar-refractivity contribution in [3.8, 4) is 5.69 Å². The van der Waals surface area contributed by atoms with Crippen molar-refractivity contribution in [1.29, 1.82) is 0 Å². The first kappa shape index (κ1) is 16.2. The third kappa shape index (κ3) is 3.18. The Labute approximate surface area is 140 Å². The lowest BCUT2D eigenvalue weighted by Crippen LogP contribution is -2.45. The zero-order chi connectivity index (χ0) is 17.1. The zero-order valence-corrected chi connectivity index (χ0v) is 13.6. The number of carboxylic acids is 1. The molecule has 1 aliphatic carbocycles. The highest BCUT2D eigenvalue weighted by atomic mass is 16.4. The van der Waals surface area contributed by atoms with Crippen LogP contribution in [0.1, 0.15) is 41.7 Å². The molecule has 0 bridgehead atoms. The second-order valence-electron chi connectivity index (χ2n) is 6.20. The van der Waals surface area contributed by atoms with Crippen LogP contribution < -0.4 is 5.32 Å². The Morgan fingerprint density at radius 2 is 1.92 bits per heavy atom. The fraction of sp³-hybridized carbons (Fsp3) is 0.389. The topological polar surface area (TPSA) is 84.2 Å². The molecule has 1 fully saturated rings. The smallest absolute Gasteiger partial charge is 0.308 e. The molecule has 0 aliphatic heterocycles. The summed E-state index contributed by atoms with van der Waals surface area (Å²) in [6, 6.07) is 9.27. The molecule has 2 aromatic rings. The van der Waals surface area contributed by atoms with E-state index in [1.54, 1.807) is 4.68 Å². The van der Waals surface area contributed by atoms with Crippen molar-refractivity contribution in [2.24, 2.45) is 5.92 Å². The van der Waals surface area contributed by atoms with Gasteiger partial charge < -0.3 is 10.4 Å². The molecule has 1 aliphatic rings. The SMILES string of the molecule is Cc1c(C(=O)N[C@@H]2CCCC[C@@H]2C(=O)O)cnn1-c1ccccc1. The van der Waals surface area contributed by atoms with Gasteiger partial charge in [0.25, 0.3) is 5.91 Å². The Kier molecular flexibility index (Phi) is 4.64. The lowest BCUT2D eigenvalue weighted by molar-refractivity contribution is -0.143. The number of aromatic nitrogens is 2. The highest BCUT2D eigenvalue weighted by Crippen LogP contribution is 2.25. The summed E-state index contributed by atoms with van der Waals surface area (Å²) in [4.78, 5) is 24.0. The van der Waals surface area contributed by atoms with Gasteiger partial charge in [-0.3, -0.25) is 9.59 Å². The van der Waals surface area contributed by atoms with E-state index in [2.05, 4.69) is 10.4 Å². The fourth-order valence-corrected chi connectivity index (χ4v) is 3.31. The van der Waals surface area contributed by atoms with E-state index in [1.165, 1.54) is 6.20 Å².